The fourth-order valence-corrected chi connectivity index (χ4v) is 5.14. The van der Waals surface area contributed by atoms with Crippen LogP contribution in [0.2, 0.25) is 0 Å². The van der Waals surface area contributed by atoms with Gasteiger partial charge in [0.1, 0.15) is 0 Å². The van der Waals surface area contributed by atoms with E-state index < -0.39 is 24.0 Å². The van der Waals surface area contributed by atoms with Gasteiger partial charge in [0.2, 0.25) is 0 Å². The Morgan fingerprint density at radius 3 is 2.27 bits per heavy atom. The SMILES string of the molecule is CC(C)NC(=O)NC(=O)[C@H](C)OC(=O)c1ccc(C2SCCCS2)cc1. The summed E-state index contributed by atoms with van der Waals surface area (Å²) in [5, 5.41) is 4.68. The molecule has 1 fully saturated rings. The lowest BCUT2D eigenvalue weighted by molar-refractivity contribution is -0.127. The van der Waals surface area contributed by atoms with Gasteiger partial charge in [0, 0.05) is 6.04 Å². The van der Waals surface area contributed by atoms with E-state index >= 15 is 0 Å². The van der Waals surface area contributed by atoms with Crippen LogP contribution in [0.5, 0.6) is 0 Å². The highest BCUT2D eigenvalue weighted by Crippen LogP contribution is 2.43. The van der Waals surface area contributed by atoms with Gasteiger partial charge in [0.25, 0.3) is 5.91 Å². The van der Waals surface area contributed by atoms with Crippen LogP contribution in [0.3, 0.4) is 0 Å². The summed E-state index contributed by atoms with van der Waals surface area (Å²) < 4.78 is 5.55. The van der Waals surface area contributed by atoms with E-state index in [0.717, 1.165) is 11.5 Å². The molecule has 1 aromatic rings. The number of benzene rings is 1. The number of esters is 1. The first-order valence-electron chi connectivity index (χ1n) is 8.52. The number of hydrogen-bond donors (Lipinski definition) is 2. The molecule has 1 aliphatic heterocycles. The predicted molar refractivity (Wildman–Crippen MR) is 105 cm³/mol. The first-order valence-corrected chi connectivity index (χ1v) is 10.6. The van der Waals surface area contributed by atoms with Crippen LogP contribution in [0, 0.1) is 0 Å². The molecule has 8 heteroatoms. The Bertz CT molecular complexity index is 643. The summed E-state index contributed by atoms with van der Waals surface area (Å²) >= 11 is 3.82. The average molecular weight is 397 g/mol. The number of amides is 3. The van der Waals surface area contributed by atoms with Crippen molar-refractivity contribution in [2.75, 3.05) is 11.5 Å². The molecule has 3 amide bonds. The van der Waals surface area contributed by atoms with E-state index in [0.29, 0.717) is 10.1 Å². The summed E-state index contributed by atoms with van der Waals surface area (Å²) in [4.78, 5) is 35.6. The van der Waals surface area contributed by atoms with Crippen LogP contribution in [0.25, 0.3) is 0 Å². The third-order valence-electron chi connectivity index (χ3n) is 3.56. The van der Waals surface area contributed by atoms with Crippen LogP contribution < -0.4 is 10.6 Å². The average Bonchev–Trinajstić information content (AvgIpc) is 2.61. The van der Waals surface area contributed by atoms with Gasteiger partial charge < -0.3 is 10.1 Å². The summed E-state index contributed by atoms with van der Waals surface area (Å²) in [7, 11) is 0. The van der Waals surface area contributed by atoms with Crippen LogP contribution in [0.15, 0.2) is 24.3 Å². The Morgan fingerprint density at radius 1 is 1.08 bits per heavy atom. The molecule has 142 valence electrons. The van der Waals surface area contributed by atoms with Crippen molar-refractivity contribution in [3.8, 4) is 0 Å². The van der Waals surface area contributed by atoms with Gasteiger partial charge in [-0.3, -0.25) is 10.1 Å². The fourth-order valence-electron chi connectivity index (χ4n) is 2.25. The van der Waals surface area contributed by atoms with E-state index in [2.05, 4.69) is 10.6 Å². The molecule has 2 N–H and O–H groups in total. The van der Waals surface area contributed by atoms with Crippen LogP contribution in [-0.4, -0.2) is 41.6 Å². The van der Waals surface area contributed by atoms with Gasteiger partial charge in [-0.1, -0.05) is 12.1 Å². The van der Waals surface area contributed by atoms with Crippen molar-refractivity contribution in [2.24, 2.45) is 0 Å². The van der Waals surface area contributed by atoms with Crippen LogP contribution in [0.1, 0.15) is 47.7 Å². The minimum absolute atomic E-state index is 0.0975. The first kappa shape index (κ1) is 20.6. The molecule has 0 spiro atoms. The molecular formula is C18H24N2O4S2. The zero-order valence-electron chi connectivity index (χ0n) is 15.1. The Kier molecular flexibility index (Phi) is 7.84. The van der Waals surface area contributed by atoms with Gasteiger partial charge in [0.05, 0.1) is 10.1 Å². The Hall–Kier alpha value is -1.67. The lowest BCUT2D eigenvalue weighted by Gasteiger charge is -2.21. The number of urea groups is 1. The van der Waals surface area contributed by atoms with Crippen LogP contribution in [-0.2, 0) is 9.53 Å². The second-order valence-electron chi connectivity index (χ2n) is 6.21. The summed E-state index contributed by atoms with van der Waals surface area (Å²) in [5.74, 6) is 1.05. The third-order valence-corrected chi connectivity index (χ3v) is 6.57. The molecule has 1 atom stereocenters. The lowest BCUT2D eigenvalue weighted by Crippen LogP contribution is -2.46. The number of carbonyl (C=O) groups is 3. The molecular weight excluding hydrogens is 372 g/mol. The van der Waals surface area contributed by atoms with E-state index in [1.54, 1.807) is 26.0 Å². The van der Waals surface area contributed by atoms with E-state index in [1.807, 2.05) is 35.7 Å². The monoisotopic (exact) mass is 396 g/mol. The minimum atomic E-state index is -1.07. The summed E-state index contributed by atoms with van der Waals surface area (Å²) in [6.07, 6.45) is 0.162. The normalized spacial score (nSPS) is 16.0. The molecule has 1 aromatic carbocycles. The molecule has 1 heterocycles. The highest BCUT2D eigenvalue weighted by atomic mass is 32.2. The van der Waals surface area contributed by atoms with Crippen molar-refractivity contribution in [1.82, 2.24) is 10.6 Å². The molecule has 0 saturated carbocycles. The van der Waals surface area contributed by atoms with E-state index in [1.165, 1.54) is 18.9 Å². The summed E-state index contributed by atoms with van der Waals surface area (Å²) in [6.45, 7) is 4.99. The van der Waals surface area contributed by atoms with Gasteiger partial charge in [-0.15, -0.1) is 23.5 Å². The van der Waals surface area contributed by atoms with Crippen molar-refractivity contribution in [1.29, 1.82) is 0 Å². The standard InChI is InChI=1S/C18H24N2O4S2/c1-11(2)19-18(23)20-15(21)12(3)24-16(22)13-5-7-14(8-6-13)17-25-9-4-10-26-17/h5-8,11-12,17H,4,9-10H2,1-3H3,(H2,19,20,21,23)/t12-/m0/s1. The highest BCUT2D eigenvalue weighted by molar-refractivity contribution is 8.16. The number of imide groups is 1. The second kappa shape index (κ2) is 9.87. The fraction of sp³-hybridized carbons (Fsp3) is 0.500. The largest absolute Gasteiger partial charge is 0.449 e. The molecule has 0 bridgehead atoms. The molecule has 0 aromatic heterocycles. The summed E-state index contributed by atoms with van der Waals surface area (Å²) in [6, 6.07) is 6.56. The number of hydrogen-bond acceptors (Lipinski definition) is 6. The number of ether oxygens (including phenoxy) is 1. The van der Waals surface area contributed by atoms with Crippen molar-refractivity contribution < 1.29 is 19.1 Å². The van der Waals surface area contributed by atoms with Gasteiger partial charge in [-0.25, -0.2) is 9.59 Å². The van der Waals surface area contributed by atoms with E-state index in [9.17, 15) is 14.4 Å². The lowest BCUT2D eigenvalue weighted by atomic mass is 10.1. The molecule has 0 unspecified atom stereocenters. The molecule has 2 rings (SSSR count). The number of thioether (sulfide) groups is 2. The number of nitrogens with one attached hydrogen (secondary N) is 2. The number of rotatable bonds is 5. The maximum atomic E-state index is 12.2. The Morgan fingerprint density at radius 2 is 1.69 bits per heavy atom. The quantitative estimate of drug-likeness (QED) is 0.743. The molecule has 26 heavy (non-hydrogen) atoms. The first-order chi connectivity index (χ1) is 12.4. The van der Waals surface area contributed by atoms with Crippen molar-refractivity contribution in [3.05, 3.63) is 35.4 Å². The Labute approximate surface area is 162 Å². The van der Waals surface area contributed by atoms with Crippen molar-refractivity contribution in [3.63, 3.8) is 0 Å². The molecule has 1 aliphatic rings. The van der Waals surface area contributed by atoms with E-state index in [-0.39, 0.29) is 6.04 Å². The molecule has 6 nitrogen and oxygen atoms in total. The maximum Gasteiger partial charge on any atom is 0.338 e. The molecule has 0 aliphatic carbocycles. The topological polar surface area (TPSA) is 84.5 Å². The smallest absolute Gasteiger partial charge is 0.338 e. The zero-order valence-corrected chi connectivity index (χ0v) is 16.7. The predicted octanol–water partition coefficient (Wildman–Crippen LogP) is 3.33. The van der Waals surface area contributed by atoms with Crippen LogP contribution in [0.4, 0.5) is 4.79 Å². The van der Waals surface area contributed by atoms with E-state index in [4.69, 9.17) is 4.74 Å². The third kappa shape index (κ3) is 6.25. The van der Waals surface area contributed by atoms with Crippen molar-refractivity contribution in [2.45, 2.75) is 43.9 Å². The molecule has 1 saturated heterocycles. The van der Waals surface area contributed by atoms with Gasteiger partial charge in [0.15, 0.2) is 6.10 Å². The number of carbonyl (C=O) groups excluding carboxylic acids is 3. The minimum Gasteiger partial charge on any atom is -0.449 e. The molecule has 0 radical (unpaired) electrons. The summed E-state index contributed by atoms with van der Waals surface area (Å²) in [5.41, 5.74) is 1.55. The van der Waals surface area contributed by atoms with Gasteiger partial charge >= 0.3 is 12.0 Å². The van der Waals surface area contributed by atoms with Gasteiger partial charge in [-0.2, -0.15) is 0 Å². The van der Waals surface area contributed by atoms with Crippen molar-refractivity contribution >= 4 is 41.4 Å². The van der Waals surface area contributed by atoms with Crippen LogP contribution >= 0.6 is 23.5 Å². The van der Waals surface area contributed by atoms with Gasteiger partial charge in [-0.05, 0) is 56.4 Å². The Balaban J connectivity index is 1.88. The zero-order chi connectivity index (χ0) is 19.1. The second-order valence-corrected chi connectivity index (χ2v) is 8.94. The maximum absolute atomic E-state index is 12.2. The highest BCUT2D eigenvalue weighted by Gasteiger charge is 2.22.